The first kappa shape index (κ1) is 15.1. The molecular weight excluding hydrogens is 298 g/mol. The molecule has 1 amide bonds. The van der Waals surface area contributed by atoms with Crippen LogP contribution in [-0.2, 0) is 4.79 Å². The third kappa shape index (κ3) is 2.52. The number of aryl methyl sites for hydroxylation is 1. The molecule has 3 rings (SSSR count). The monoisotopic (exact) mass is 317 g/mol. The summed E-state index contributed by atoms with van der Waals surface area (Å²) < 4.78 is 0. The molecule has 1 saturated carbocycles. The van der Waals surface area contributed by atoms with Crippen molar-refractivity contribution in [2.45, 2.75) is 39.5 Å². The number of H-pyrrole nitrogens is 1. The lowest BCUT2D eigenvalue weighted by Gasteiger charge is -2.02. The molecule has 2 aromatic rings. The molecule has 0 saturated heterocycles. The second-order valence-corrected chi connectivity index (χ2v) is 7.03. The third-order valence-corrected chi connectivity index (χ3v) is 4.80. The maximum atomic E-state index is 11.2. The van der Waals surface area contributed by atoms with Gasteiger partial charge in [0.05, 0.1) is 5.69 Å². The van der Waals surface area contributed by atoms with Crippen molar-refractivity contribution in [3.05, 3.63) is 46.2 Å². The van der Waals surface area contributed by atoms with Crippen molar-refractivity contribution in [2.75, 3.05) is 5.32 Å². The number of carbonyl (C=O) groups excluding carboxylic acids is 1. The van der Waals surface area contributed by atoms with Crippen LogP contribution in [0.4, 0.5) is 5.95 Å². The van der Waals surface area contributed by atoms with Gasteiger partial charge in [-0.15, -0.1) is 0 Å². The van der Waals surface area contributed by atoms with E-state index in [1.54, 1.807) is 0 Å². The molecular formula is C17H20ClN3O. The Kier molecular flexibility index (Phi) is 3.52. The Morgan fingerprint density at radius 3 is 2.73 bits per heavy atom. The van der Waals surface area contributed by atoms with E-state index in [1.165, 1.54) is 12.5 Å². The summed E-state index contributed by atoms with van der Waals surface area (Å²) in [5, 5.41) is 3.48. The molecule has 5 heteroatoms. The molecule has 0 unspecified atom stereocenters. The third-order valence-electron chi connectivity index (χ3n) is 4.56. The van der Waals surface area contributed by atoms with Gasteiger partial charge < -0.3 is 4.98 Å². The van der Waals surface area contributed by atoms with E-state index in [0.717, 1.165) is 16.4 Å². The molecule has 1 aromatic carbocycles. The Morgan fingerprint density at radius 2 is 2.09 bits per heavy atom. The maximum Gasteiger partial charge on any atom is 0.223 e. The molecule has 116 valence electrons. The quantitative estimate of drug-likeness (QED) is 0.889. The molecule has 1 aliphatic carbocycles. The van der Waals surface area contributed by atoms with Crippen LogP contribution in [0.3, 0.4) is 0 Å². The van der Waals surface area contributed by atoms with Crippen molar-refractivity contribution in [1.82, 2.24) is 9.97 Å². The van der Waals surface area contributed by atoms with Crippen molar-refractivity contribution in [1.29, 1.82) is 0 Å². The second kappa shape index (κ2) is 5.13. The molecule has 4 nitrogen and oxygen atoms in total. The molecule has 1 fully saturated rings. The fourth-order valence-corrected chi connectivity index (χ4v) is 3.70. The molecule has 0 spiro atoms. The van der Waals surface area contributed by atoms with E-state index in [4.69, 9.17) is 11.6 Å². The number of benzene rings is 1. The highest BCUT2D eigenvalue weighted by Crippen LogP contribution is 2.70. The number of halogens is 1. The number of rotatable bonds is 3. The van der Waals surface area contributed by atoms with Crippen LogP contribution >= 0.6 is 11.6 Å². The van der Waals surface area contributed by atoms with Gasteiger partial charge in [-0.2, -0.15) is 0 Å². The number of aromatic nitrogens is 2. The fourth-order valence-electron chi connectivity index (χ4n) is 3.50. The summed E-state index contributed by atoms with van der Waals surface area (Å²) in [4.78, 5) is 18.9. The fraction of sp³-hybridized carbons (Fsp3) is 0.412. The molecule has 1 heterocycles. The minimum absolute atomic E-state index is 0.123. The van der Waals surface area contributed by atoms with Crippen LogP contribution < -0.4 is 5.32 Å². The first-order chi connectivity index (χ1) is 10.3. The molecule has 0 bridgehead atoms. The van der Waals surface area contributed by atoms with Gasteiger partial charge in [-0.25, -0.2) is 4.98 Å². The van der Waals surface area contributed by atoms with E-state index in [1.807, 2.05) is 25.1 Å². The topological polar surface area (TPSA) is 57.8 Å². The minimum atomic E-state index is -0.123. The number of amides is 1. The number of carbonyl (C=O) groups is 1. The number of aromatic amines is 1. The molecule has 1 aromatic heterocycles. The normalized spacial score (nSPS) is 22.4. The summed E-state index contributed by atoms with van der Waals surface area (Å²) in [6.45, 7) is 7.96. The number of hydrogen-bond donors (Lipinski definition) is 2. The summed E-state index contributed by atoms with van der Waals surface area (Å²) in [7, 11) is 0. The Labute approximate surface area is 135 Å². The average Bonchev–Trinajstić information content (AvgIpc) is 2.78. The van der Waals surface area contributed by atoms with E-state index < -0.39 is 0 Å². The Balaban J connectivity index is 1.92. The van der Waals surface area contributed by atoms with E-state index in [0.29, 0.717) is 17.8 Å². The van der Waals surface area contributed by atoms with Gasteiger partial charge in [-0.3, -0.25) is 10.1 Å². The zero-order valence-corrected chi connectivity index (χ0v) is 14.0. The second-order valence-electron chi connectivity index (χ2n) is 6.60. The minimum Gasteiger partial charge on any atom is -0.327 e. The lowest BCUT2D eigenvalue weighted by atomic mass is 10.0. The molecule has 22 heavy (non-hydrogen) atoms. The van der Waals surface area contributed by atoms with Crippen molar-refractivity contribution in [2.24, 2.45) is 5.41 Å². The number of nitrogens with one attached hydrogen (secondary N) is 2. The zero-order valence-electron chi connectivity index (χ0n) is 13.2. The molecule has 1 aliphatic rings. The lowest BCUT2D eigenvalue weighted by Crippen LogP contribution is -2.07. The van der Waals surface area contributed by atoms with Crippen LogP contribution in [0.2, 0.25) is 5.02 Å². The van der Waals surface area contributed by atoms with Gasteiger partial charge in [0.15, 0.2) is 0 Å². The summed E-state index contributed by atoms with van der Waals surface area (Å²) in [6.07, 6.45) is 0. The van der Waals surface area contributed by atoms with Crippen LogP contribution in [0.1, 0.15) is 49.6 Å². The van der Waals surface area contributed by atoms with Gasteiger partial charge in [-0.05, 0) is 36.0 Å². The highest BCUT2D eigenvalue weighted by Gasteiger charge is 2.60. The Morgan fingerprint density at radius 1 is 1.36 bits per heavy atom. The predicted molar refractivity (Wildman–Crippen MR) is 88.3 cm³/mol. The SMILES string of the molecule is CC(=O)Nc1nc(C)c([C@@H]2[C@@H](c3cccc(Cl)c3)C2(C)C)[nH]1. The van der Waals surface area contributed by atoms with Crippen molar-refractivity contribution in [3.63, 3.8) is 0 Å². The first-order valence-electron chi connectivity index (χ1n) is 7.40. The van der Waals surface area contributed by atoms with Crippen LogP contribution in [0.5, 0.6) is 0 Å². The average molecular weight is 318 g/mol. The number of anilines is 1. The van der Waals surface area contributed by atoms with Crippen LogP contribution in [0.25, 0.3) is 0 Å². The maximum absolute atomic E-state index is 11.2. The van der Waals surface area contributed by atoms with Crippen molar-refractivity contribution >= 4 is 23.5 Å². The lowest BCUT2D eigenvalue weighted by molar-refractivity contribution is -0.114. The molecule has 2 N–H and O–H groups in total. The molecule has 0 aliphatic heterocycles. The smallest absolute Gasteiger partial charge is 0.223 e. The van der Waals surface area contributed by atoms with E-state index in [2.05, 4.69) is 35.2 Å². The first-order valence-corrected chi connectivity index (χ1v) is 7.78. The summed E-state index contributed by atoms with van der Waals surface area (Å²) >= 11 is 6.13. The van der Waals surface area contributed by atoms with Gasteiger partial charge in [0.2, 0.25) is 11.9 Å². The van der Waals surface area contributed by atoms with Gasteiger partial charge in [0.25, 0.3) is 0 Å². The van der Waals surface area contributed by atoms with E-state index >= 15 is 0 Å². The highest BCUT2D eigenvalue weighted by atomic mass is 35.5. The summed E-state index contributed by atoms with van der Waals surface area (Å²) in [5.74, 6) is 1.14. The molecule has 2 atom stereocenters. The van der Waals surface area contributed by atoms with Gasteiger partial charge in [0, 0.05) is 23.6 Å². The molecule has 0 radical (unpaired) electrons. The van der Waals surface area contributed by atoms with Gasteiger partial charge in [0.1, 0.15) is 0 Å². The zero-order chi connectivity index (χ0) is 16.1. The van der Waals surface area contributed by atoms with Crippen LogP contribution in [0.15, 0.2) is 24.3 Å². The Hall–Kier alpha value is -1.81. The summed E-state index contributed by atoms with van der Waals surface area (Å²) in [5.41, 5.74) is 3.41. The van der Waals surface area contributed by atoms with Gasteiger partial charge >= 0.3 is 0 Å². The van der Waals surface area contributed by atoms with E-state index in [-0.39, 0.29) is 11.3 Å². The van der Waals surface area contributed by atoms with Gasteiger partial charge in [-0.1, -0.05) is 37.6 Å². The van der Waals surface area contributed by atoms with Crippen LogP contribution in [-0.4, -0.2) is 15.9 Å². The van der Waals surface area contributed by atoms with Crippen molar-refractivity contribution in [3.8, 4) is 0 Å². The Bertz CT molecular complexity index is 735. The van der Waals surface area contributed by atoms with Crippen LogP contribution in [0, 0.1) is 12.3 Å². The van der Waals surface area contributed by atoms with Crippen molar-refractivity contribution < 1.29 is 4.79 Å². The predicted octanol–water partition coefficient (Wildman–Crippen LogP) is 4.24. The standard InChI is InChI=1S/C17H20ClN3O/c1-9-15(21-16(19-9)20-10(2)22)14-13(17(14,3)4)11-6-5-7-12(18)8-11/h5-8,13-14H,1-4H3,(H2,19,20,21,22)/t13-,14+/m1/s1. The number of imidazole rings is 1. The highest BCUT2D eigenvalue weighted by molar-refractivity contribution is 6.30. The van der Waals surface area contributed by atoms with E-state index in [9.17, 15) is 4.79 Å². The number of nitrogens with zero attached hydrogens (tertiary/aromatic N) is 1. The largest absolute Gasteiger partial charge is 0.327 e. The number of hydrogen-bond acceptors (Lipinski definition) is 2. The summed E-state index contributed by atoms with van der Waals surface area (Å²) in [6, 6.07) is 8.05.